The van der Waals surface area contributed by atoms with Gasteiger partial charge < -0.3 is 9.47 Å². The van der Waals surface area contributed by atoms with Crippen LogP contribution in [-0.4, -0.2) is 37.9 Å². The zero-order valence-corrected chi connectivity index (χ0v) is 14.8. The molecule has 1 fully saturated rings. The van der Waals surface area contributed by atoms with Crippen molar-refractivity contribution < 1.29 is 4.79 Å². The number of aromatic nitrogens is 3. The van der Waals surface area contributed by atoms with Crippen LogP contribution in [0.2, 0.25) is 0 Å². The second-order valence-corrected chi connectivity index (χ2v) is 7.92. The van der Waals surface area contributed by atoms with Gasteiger partial charge in [-0.2, -0.15) is 0 Å². The first kappa shape index (κ1) is 15.8. The summed E-state index contributed by atoms with van der Waals surface area (Å²) >= 11 is 1.64. The zero-order valence-electron chi connectivity index (χ0n) is 14.0. The van der Waals surface area contributed by atoms with E-state index in [2.05, 4.69) is 19.4 Å². The van der Waals surface area contributed by atoms with E-state index in [-0.39, 0.29) is 5.91 Å². The molecule has 2 aliphatic rings. The number of likely N-dealkylation sites (tertiary alicyclic amines) is 1. The maximum atomic E-state index is 13.0. The number of carbonyl (C=O) groups is 1. The number of hydrogen-bond acceptors (Lipinski definition) is 4. The lowest BCUT2D eigenvalue weighted by Crippen LogP contribution is -2.44. The van der Waals surface area contributed by atoms with Crippen LogP contribution in [0.15, 0.2) is 18.7 Å². The first-order chi connectivity index (χ1) is 11.8. The van der Waals surface area contributed by atoms with Crippen LogP contribution in [0.1, 0.15) is 58.9 Å². The lowest BCUT2D eigenvalue weighted by atomic mass is 9.99. The van der Waals surface area contributed by atoms with Crippen LogP contribution in [0.25, 0.3) is 0 Å². The highest BCUT2D eigenvalue weighted by molar-refractivity contribution is 7.13. The summed E-state index contributed by atoms with van der Waals surface area (Å²) in [5.41, 5.74) is 1.18. The van der Waals surface area contributed by atoms with Crippen molar-refractivity contribution in [1.82, 2.24) is 19.4 Å². The Morgan fingerprint density at radius 2 is 2.17 bits per heavy atom. The first-order valence-corrected chi connectivity index (χ1v) is 9.88. The number of imidazole rings is 1. The number of thiazole rings is 1. The van der Waals surface area contributed by atoms with Crippen LogP contribution in [-0.2, 0) is 19.4 Å². The molecule has 0 bridgehead atoms. The fourth-order valence-corrected chi connectivity index (χ4v) is 4.96. The van der Waals surface area contributed by atoms with Gasteiger partial charge in [0.25, 0.3) is 5.91 Å². The topological polar surface area (TPSA) is 51.0 Å². The van der Waals surface area contributed by atoms with Crippen molar-refractivity contribution >= 4 is 17.2 Å². The molecule has 0 aromatic carbocycles. The summed E-state index contributed by atoms with van der Waals surface area (Å²) in [6.45, 7) is 1.79. The van der Waals surface area contributed by atoms with Gasteiger partial charge in [-0.05, 0) is 51.4 Å². The second-order valence-electron chi connectivity index (χ2n) is 6.83. The van der Waals surface area contributed by atoms with Gasteiger partial charge in [0.2, 0.25) is 0 Å². The van der Waals surface area contributed by atoms with E-state index in [4.69, 9.17) is 0 Å². The second kappa shape index (κ2) is 7.05. The summed E-state index contributed by atoms with van der Waals surface area (Å²) in [5.74, 6) is 0.157. The lowest BCUT2D eigenvalue weighted by molar-refractivity contribution is 0.0595. The number of nitrogens with zero attached hydrogens (tertiary/aromatic N) is 4. The van der Waals surface area contributed by atoms with E-state index >= 15 is 0 Å². The summed E-state index contributed by atoms with van der Waals surface area (Å²) in [4.78, 5) is 25.3. The molecule has 1 saturated heterocycles. The Morgan fingerprint density at radius 3 is 3.00 bits per heavy atom. The Hall–Kier alpha value is -1.69. The van der Waals surface area contributed by atoms with Gasteiger partial charge in [-0.25, -0.2) is 9.97 Å². The summed E-state index contributed by atoms with van der Waals surface area (Å²) in [6.07, 6.45) is 14.7. The van der Waals surface area contributed by atoms with Crippen LogP contribution >= 0.6 is 11.3 Å². The predicted molar refractivity (Wildman–Crippen MR) is 94.3 cm³/mol. The number of fused-ring (bicyclic) bond motifs is 1. The molecule has 5 nitrogen and oxygen atoms in total. The fraction of sp³-hybridized carbons (Fsp3) is 0.611. The summed E-state index contributed by atoms with van der Waals surface area (Å²) in [7, 11) is 0. The normalized spacial score (nSPS) is 20.8. The molecule has 4 rings (SSSR count). The first-order valence-electron chi connectivity index (χ1n) is 9.06. The molecule has 24 heavy (non-hydrogen) atoms. The average Bonchev–Trinajstić information content (AvgIpc) is 3.29. The molecule has 0 N–H and O–H groups in total. The SMILES string of the molecule is O=C(c1nc2c(s1)CCCC2)N1CCCCC1CCn1ccnc1. The minimum atomic E-state index is 0.157. The Balaban J connectivity index is 1.47. The average molecular weight is 344 g/mol. The molecule has 2 aromatic heterocycles. The maximum absolute atomic E-state index is 13.0. The highest BCUT2D eigenvalue weighted by Gasteiger charge is 2.30. The molecule has 128 valence electrons. The highest BCUT2D eigenvalue weighted by atomic mass is 32.1. The molecule has 2 aromatic rings. The molecule has 3 heterocycles. The van der Waals surface area contributed by atoms with Crippen molar-refractivity contribution in [3.8, 4) is 0 Å². The molecule has 1 atom stereocenters. The number of carbonyl (C=O) groups excluding carboxylic acids is 1. The van der Waals surface area contributed by atoms with Gasteiger partial charge in [-0.3, -0.25) is 4.79 Å². The van der Waals surface area contributed by atoms with E-state index in [0.29, 0.717) is 6.04 Å². The Kier molecular flexibility index (Phi) is 4.65. The molecule has 6 heteroatoms. The van der Waals surface area contributed by atoms with Crippen LogP contribution < -0.4 is 0 Å². The van der Waals surface area contributed by atoms with Gasteiger partial charge in [0.1, 0.15) is 0 Å². The zero-order chi connectivity index (χ0) is 16.4. The van der Waals surface area contributed by atoms with E-state index in [0.717, 1.165) is 50.2 Å². The monoisotopic (exact) mass is 344 g/mol. The molecule has 1 aliphatic carbocycles. The Bertz CT molecular complexity index is 670. The molecule has 0 spiro atoms. The maximum Gasteiger partial charge on any atom is 0.283 e. The van der Waals surface area contributed by atoms with Gasteiger partial charge in [-0.1, -0.05) is 0 Å². The largest absolute Gasteiger partial charge is 0.337 e. The third-order valence-corrected chi connectivity index (χ3v) is 6.34. The molecule has 0 radical (unpaired) electrons. The molecular formula is C18H24N4OS. The van der Waals surface area contributed by atoms with Crippen LogP contribution in [0.5, 0.6) is 0 Å². The molecule has 1 unspecified atom stereocenters. The van der Waals surface area contributed by atoms with Gasteiger partial charge in [0.05, 0.1) is 12.0 Å². The van der Waals surface area contributed by atoms with Crippen molar-refractivity contribution in [3.63, 3.8) is 0 Å². The predicted octanol–water partition coefficient (Wildman–Crippen LogP) is 3.30. The smallest absolute Gasteiger partial charge is 0.283 e. The minimum Gasteiger partial charge on any atom is -0.337 e. The lowest BCUT2D eigenvalue weighted by Gasteiger charge is -2.35. The fourth-order valence-electron chi connectivity index (χ4n) is 3.85. The number of aryl methyl sites for hydroxylation is 3. The van der Waals surface area contributed by atoms with E-state index in [1.165, 1.54) is 29.8 Å². The Morgan fingerprint density at radius 1 is 1.25 bits per heavy atom. The van der Waals surface area contributed by atoms with Gasteiger partial charge in [0.15, 0.2) is 5.01 Å². The van der Waals surface area contributed by atoms with Gasteiger partial charge in [0, 0.05) is 36.4 Å². The Labute approximate surface area is 146 Å². The molecule has 1 aliphatic heterocycles. The third-order valence-electron chi connectivity index (χ3n) is 5.20. The minimum absolute atomic E-state index is 0.157. The van der Waals surface area contributed by atoms with E-state index in [1.807, 2.05) is 18.7 Å². The number of hydrogen-bond donors (Lipinski definition) is 0. The number of piperidine rings is 1. The highest BCUT2D eigenvalue weighted by Crippen LogP contribution is 2.29. The standard InChI is InChI=1S/C18H24N4OS/c23-18(17-20-15-6-1-2-7-16(15)24-17)22-10-4-3-5-14(22)8-11-21-12-9-19-13-21/h9,12-14H,1-8,10-11H2. The van der Waals surface area contributed by atoms with Gasteiger partial charge in [-0.15, -0.1) is 11.3 Å². The summed E-state index contributed by atoms with van der Waals surface area (Å²) in [6, 6.07) is 0.328. The van der Waals surface area contributed by atoms with Crippen molar-refractivity contribution in [1.29, 1.82) is 0 Å². The van der Waals surface area contributed by atoms with Crippen molar-refractivity contribution in [2.45, 2.75) is 64.0 Å². The van der Waals surface area contributed by atoms with Crippen LogP contribution in [0.3, 0.4) is 0 Å². The molecule has 0 saturated carbocycles. The van der Waals surface area contributed by atoms with Crippen molar-refractivity contribution in [3.05, 3.63) is 34.3 Å². The molecular weight excluding hydrogens is 320 g/mol. The number of amides is 1. The summed E-state index contributed by atoms with van der Waals surface area (Å²) < 4.78 is 2.10. The van der Waals surface area contributed by atoms with E-state index in [9.17, 15) is 4.79 Å². The van der Waals surface area contributed by atoms with Crippen molar-refractivity contribution in [2.24, 2.45) is 0 Å². The number of rotatable bonds is 4. The molecule has 1 amide bonds. The van der Waals surface area contributed by atoms with E-state index < -0.39 is 0 Å². The van der Waals surface area contributed by atoms with Crippen LogP contribution in [0.4, 0.5) is 0 Å². The van der Waals surface area contributed by atoms with Gasteiger partial charge >= 0.3 is 0 Å². The third kappa shape index (κ3) is 3.24. The van der Waals surface area contributed by atoms with Crippen LogP contribution in [0, 0.1) is 0 Å². The van der Waals surface area contributed by atoms with Crippen molar-refractivity contribution in [2.75, 3.05) is 6.54 Å². The van der Waals surface area contributed by atoms with E-state index in [1.54, 1.807) is 11.3 Å². The summed E-state index contributed by atoms with van der Waals surface area (Å²) in [5, 5.41) is 0.719. The quantitative estimate of drug-likeness (QED) is 0.855.